The van der Waals surface area contributed by atoms with Gasteiger partial charge in [-0.1, -0.05) is 30.3 Å². The molecule has 78 valence electrons. The van der Waals surface area contributed by atoms with Crippen molar-refractivity contribution >= 4 is 11.0 Å². The number of hydrogen-bond donors (Lipinski definition) is 0. The van der Waals surface area contributed by atoms with Crippen LogP contribution in [0.25, 0.3) is 22.1 Å². The fourth-order valence-corrected chi connectivity index (χ4v) is 1.84. The Bertz CT molecular complexity index is 626. The quantitative estimate of drug-likeness (QED) is 0.588. The standard InChI is InChI=1S/C14H9FO/c15-11-6-7-14-12(8-11)13(9-16-14)10-4-2-1-3-5-10/h1-9H. The molecule has 0 bridgehead atoms. The Balaban J connectivity index is 2.29. The highest BCUT2D eigenvalue weighted by atomic mass is 19.1. The molecule has 0 aliphatic heterocycles. The molecule has 3 rings (SSSR count). The molecule has 1 heterocycles. The van der Waals surface area contributed by atoms with Gasteiger partial charge < -0.3 is 4.42 Å². The van der Waals surface area contributed by atoms with Crippen LogP contribution >= 0.6 is 0 Å². The lowest BCUT2D eigenvalue weighted by molar-refractivity contribution is 0.610. The zero-order valence-electron chi connectivity index (χ0n) is 8.48. The first-order valence-electron chi connectivity index (χ1n) is 5.07. The average molecular weight is 212 g/mol. The third-order valence-corrected chi connectivity index (χ3v) is 2.62. The number of halogens is 1. The molecule has 2 heteroatoms. The number of furan rings is 1. The molecule has 1 nitrogen and oxygen atoms in total. The Morgan fingerprint density at radius 3 is 2.56 bits per heavy atom. The van der Waals surface area contributed by atoms with Gasteiger partial charge >= 0.3 is 0 Å². The lowest BCUT2D eigenvalue weighted by atomic mass is 10.1. The minimum atomic E-state index is -0.244. The van der Waals surface area contributed by atoms with Crippen LogP contribution in [0.3, 0.4) is 0 Å². The molecule has 0 saturated heterocycles. The van der Waals surface area contributed by atoms with E-state index in [9.17, 15) is 4.39 Å². The largest absolute Gasteiger partial charge is 0.464 e. The molecule has 0 spiro atoms. The molecule has 0 atom stereocenters. The van der Waals surface area contributed by atoms with Gasteiger partial charge in [0.15, 0.2) is 0 Å². The topological polar surface area (TPSA) is 13.1 Å². The molecule has 3 aromatic rings. The van der Waals surface area contributed by atoms with Crippen molar-refractivity contribution in [2.75, 3.05) is 0 Å². The van der Waals surface area contributed by atoms with Crippen molar-refractivity contribution in [3.63, 3.8) is 0 Å². The van der Waals surface area contributed by atoms with Crippen molar-refractivity contribution in [1.82, 2.24) is 0 Å². The lowest BCUT2D eigenvalue weighted by Gasteiger charge is -1.97. The lowest BCUT2D eigenvalue weighted by Crippen LogP contribution is -1.76. The molecule has 0 aliphatic carbocycles. The second-order valence-electron chi connectivity index (χ2n) is 3.66. The maximum absolute atomic E-state index is 13.2. The molecule has 0 aliphatic rings. The fraction of sp³-hybridized carbons (Fsp3) is 0. The van der Waals surface area contributed by atoms with Gasteiger partial charge in [-0.2, -0.15) is 0 Å². The maximum atomic E-state index is 13.2. The Morgan fingerprint density at radius 1 is 0.938 bits per heavy atom. The second kappa shape index (κ2) is 3.49. The van der Waals surface area contributed by atoms with Crippen molar-refractivity contribution < 1.29 is 8.81 Å². The number of rotatable bonds is 1. The summed E-state index contributed by atoms with van der Waals surface area (Å²) in [6, 6.07) is 14.4. The van der Waals surface area contributed by atoms with E-state index in [-0.39, 0.29) is 5.82 Å². The summed E-state index contributed by atoms with van der Waals surface area (Å²) < 4.78 is 18.6. The van der Waals surface area contributed by atoms with Crippen molar-refractivity contribution in [3.05, 3.63) is 60.6 Å². The fourth-order valence-electron chi connectivity index (χ4n) is 1.84. The third kappa shape index (κ3) is 1.39. The van der Waals surface area contributed by atoms with E-state index in [0.29, 0.717) is 5.58 Å². The molecule has 2 aromatic carbocycles. The van der Waals surface area contributed by atoms with Crippen molar-refractivity contribution in [1.29, 1.82) is 0 Å². The molecule has 16 heavy (non-hydrogen) atoms. The van der Waals surface area contributed by atoms with Gasteiger partial charge in [0.25, 0.3) is 0 Å². The number of hydrogen-bond acceptors (Lipinski definition) is 1. The van der Waals surface area contributed by atoms with Crippen LogP contribution in [-0.4, -0.2) is 0 Å². The van der Waals surface area contributed by atoms with E-state index in [1.54, 1.807) is 12.3 Å². The summed E-state index contributed by atoms with van der Waals surface area (Å²) in [6.07, 6.45) is 1.67. The molecule has 0 radical (unpaired) electrons. The SMILES string of the molecule is Fc1ccc2occ(-c3ccccc3)c2c1. The summed E-state index contributed by atoms with van der Waals surface area (Å²) in [4.78, 5) is 0. The van der Waals surface area contributed by atoms with Crippen molar-refractivity contribution in [3.8, 4) is 11.1 Å². The van der Waals surface area contributed by atoms with E-state index in [1.165, 1.54) is 12.1 Å². The van der Waals surface area contributed by atoms with Gasteiger partial charge in [-0.05, 0) is 23.8 Å². The van der Waals surface area contributed by atoms with E-state index < -0.39 is 0 Å². The van der Waals surface area contributed by atoms with Crippen LogP contribution in [0.15, 0.2) is 59.2 Å². The first-order valence-corrected chi connectivity index (χ1v) is 5.07. The second-order valence-corrected chi connectivity index (χ2v) is 3.66. The van der Waals surface area contributed by atoms with Crippen LogP contribution in [0.1, 0.15) is 0 Å². The summed E-state index contributed by atoms with van der Waals surface area (Å²) >= 11 is 0. The van der Waals surface area contributed by atoms with Gasteiger partial charge in [0.2, 0.25) is 0 Å². The van der Waals surface area contributed by atoms with E-state index in [1.807, 2.05) is 30.3 Å². The minimum Gasteiger partial charge on any atom is -0.464 e. The van der Waals surface area contributed by atoms with E-state index >= 15 is 0 Å². The van der Waals surface area contributed by atoms with Crippen molar-refractivity contribution in [2.24, 2.45) is 0 Å². The monoisotopic (exact) mass is 212 g/mol. The summed E-state index contributed by atoms with van der Waals surface area (Å²) in [5, 5.41) is 0.811. The highest BCUT2D eigenvalue weighted by Crippen LogP contribution is 2.30. The highest BCUT2D eigenvalue weighted by molar-refractivity contribution is 5.93. The molecule has 0 saturated carbocycles. The maximum Gasteiger partial charge on any atom is 0.134 e. The van der Waals surface area contributed by atoms with E-state index in [0.717, 1.165) is 16.5 Å². The first-order chi connectivity index (χ1) is 7.84. The zero-order valence-corrected chi connectivity index (χ0v) is 8.48. The summed E-state index contributed by atoms with van der Waals surface area (Å²) in [5.41, 5.74) is 2.67. The van der Waals surface area contributed by atoms with Gasteiger partial charge in [-0.3, -0.25) is 0 Å². The molecule has 0 unspecified atom stereocenters. The van der Waals surface area contributed by atoms with Gasteiger partial charge in [-0.15, -0.1) is 0 Å². The Labute approximate surface area is 92.1 Å². The van der Waals surface area contributed by atoms with Gasteiger partial charge in [0.1, 0.15) is 11.4 Å². The Morgan fingerprint density at radius 2 is 1.75 bits per heavy atom. The first kappa shape index (κ1) is 9.16. The van der Waals surface area contributed by atoms with Crippen molar-refractivity contribution in [2.45, 2.75) is 0 Å². The van der Waals surface area contributed by atoms with Crippen LogP contribution in [-0.2, 0) is 0 Å². The van der Waals surface area contributed by atoms with Crippen LogP contribution < -0.4 is 0 Å². The number of fused-ring (bicyclic) bond motifs is 1. The van der Waals surface area contributed by atoms with Gasteiger partial charge in [0, 0.05) is 10.9 Å². The normalized spacial score (nSPS) is 10.8. The summed E-state index contributed by atoms with van der Waals surface area (Å²) in [6.45, 7) is 0. The zero-order chi connectivity index (χ0) is 11.0. The molecule has 0 fully saturated rings. The minimum absolute atomic E-state index is 0.244. The molecular formula is C14H9FO. The van der Waals surface area contributed by atoms with Gasteiger partial charge in [-0.25, -0.2) is 4.39 Å². The number of benzene rings is 2. The summed E-state index contributed by atoms with van der Waals surface area (Å²) in [5.74, 6) is -0.244. The molecule has 0 amide bonds. The smallest absolute Gasteiger partial charge is 0.134 e. The predicted octanol–water partition coefficient (Wildman–Crippen LogP) is 4.24. The third-order valence-electron chi connectivity index (χ3n) is 2.62. The average Bonchev–Trinajstić information content (AvgIpc) is 2.73. The Kier molecular flexibility index (Phi) is 2.00. The van der Waals surface area contributed by atoms with Crippen LogP contribution in [0, 0.1) is 5.82 Å². The molecule has 1 aromatic heterocycles. The van der Waals surface area contributed by atoms with Crippen LogP contribution in [0.4, 0.5) is 4.39 Å². The van der Waals surface area contributed by atoms with Crippen LogP contribution in [0.2, 0.25) is 0 Å². The predicted molar refractivity (Wildman–Crippen MR) is 61.6 cm³/mol. The highest BCUT2D eigenvalue weighted by Gasteiger charge is 2.08. The van der Waals surface area contributed by atoms with E-state index in [2.05, 4.69) is 0 Å². The molecular weight excluding hydrogens is 203 g/mol. The van der Waals surface area contributed by atoms with Crippen LogP contribution in [0.5, 0.6) is 0 Å². The van der Waals surface area contributed by atoms with Gasteiger partial charge in [0.05, 0.1) is 6.26 Å². The molecule has 0 N–H and O–H groups in total. The summed E-state index contributed by atoms with van der Waals surface area (Å²) in [7, 11) is 0. The Hall–Kier alpha value is -2.09. The van der Waals surface area contributed by atoms with E-state index in [4.69, 9.17) is 4.42 Å².